The molecule has 150 valence electrons. The number of aromatic nitrogens is 1. The van der Waals surface area contributed by atoms with Crippen LogP contribution >= 0.6 is 0 Å². The van der Waals surface area contributed by atoms with E-state index in [9.17, 15) is 18.0 Å². The highest BCUT2D eigenvalue weighted by Crippen LogP contribution is 2.28. The van der Waals surface area contributed by atoms with Crippen LogP contribution in [0.3, 0.4) is 0 Å². The van der Waals surface area contributed by atoms with Gasteiger partial charge in [0.2, 0.25) is 15.9 Å². The number of carbonyl (C=O) groups is 1. The molecular weight excluding hydrogens is 382 g/mol. The van der Waals surface area contributed by atoms with Gasteiger partial charge in [-0.15, -0.1) is 0 Å². The van der Waals surface area contributed by atoms with Crippen LogP contribution in [-0.2, 0) is 21.9 Å². The fourth-order valence-corrected chi connectivity index (χ4v) is 4.74. The van der Waals surface area contributed by atoms with Crippen LogP contribution in [0, 0.1) is 13.8 Å². The lowest BCUT2D eigenvalue weighted by Crippen LogP contribution is -2.56. The maximum Gasteiger partial charge on any atom is 0.254 e. The van der Waals surface area contributed by atoms with E-state index in [-0.39, 0.29) is 35.6 Å². The Morgan fingerprint density at radius 2 is 1.86 bits per heavy atom. The number of amides is 1. The second-order valence-electron chi connectivity index (χ2n) is 6.95. The Morgan fingerprint density at radius 1 is 1.18 bits per heavy atom. The lowest BCUT2D eigenvalue weighted by atomic mass is 10.2. The SMILES string of the molecule is CC(=O)Nc1ccc(S(=O)(=O)N2CC(Oc3cc(C)n(C)c(=O)c3)C2)c(C)c1. The van der Waals surface area contributed by atoms with Gasteiger partial charge in [-0.25, -0.2) is 8.42 Å². The van der Waals surface area contributed by atoms with Gasteiger partial charge in [-0.1, -0.05) is 0 Å². The maximum absolute atomic E-state index is 12.8. The summed E-state index contributed by atoms with van der Waals surface area (Å²) in [5.41, 5.74) is 1.70. The molecule has 1 aliphatic rings. The minimum Gasteiger partial charge on any atom is -0.487 e. The molecule has 1 amide bonds. The molecule has 28 heavy (non-hydrogen) atoms. The molecule has 2 aromatic rings. The molecular formula is C19H23N3O5S. The van der Waals surface area contributed by atoms with Crippen molar-refractivity contribution in [1.29, 1.82) is 0 Å². The number of nitrogens with zero attached hydrogens (tertiary/aromatic N) is 2. The summed E-state index contributed by atoms with van der Waals surface area (Å²) >= 11 is 0. The third-order valence-electron chi connectivity index (χ3n) is 4.71. The summed E-state index contributed by atoms with van der Waals surface area (Å²) in [5, 5.41) is 2.63. The maximum atomic E-state index is 12.8. The van der Waals surface area contributed by atoms with Crippen molar-refractivity contribution in [2.75, 3.05) is 18.4 Å². The number of anilines is 1. The van der Waals surface area contributed by atoms with Gasteiger partial charge < -0.3 is 14.6 Å². The third kappa shape index (κ3) is 3.95. The van der Waals surface area contributed by atoms with Crippen molar-refractivity contribution in [2.45, 2.75) is 31.8 Å². The van der Waals surface area contributed by atoms with Crippen molar-refractivity contribution in [3.05, 3.63) is 51.9 Å². The molecule has 8 nitrogen and oxygen atoms in total. The number of pyridine rings is 1. The van der Waals surface area contributed by atoms with Gasteiger partial charge in [0.25, 0.3) is 5.56 Å². The highest BCUT2D eigenvalue weighted by Gasteiger charge is 2.38. The molecule has 0 saturated carbocycles. The number of carbonyl (C=O) groups excluding carboxylic acids is 1. The summed E-state index contributed by atoms with van der Waals surface area (Å²) in [7, 11) is -1.97. The zero-order chi connectivity index (χ0) is 20.6. The molecule has 1 aliphatic heterocycles. The first-order chi connectivity index (χ1) is 13.1. The van der Waals surface area contributed by atoms with Gasteiger partial charge in [0.1, 0.15) is 11.9 Å². The van der Waals surface area contributed by atoms with Crippen LogP contribution in [-0.4, -0.2) is 42.4 Å². The summed E-state index contributed by atoms with van der Waals surface area (Å²) in [6.07, 6.45) is -0.305. The van der Waals surface area contributed by atoms with Crippen molar-refractivity contribution in [2.24, 2.45) is 7.05 Å². The second-order valence-corrected chi connectivity index (χ2v) is 8.86. The molecule has 0 spiro atoms. The van der Waals surface area contributed by atoms with Gasteiger partial charge in [0.15, 0.2) is 0 Å². The van der Waals surface area contributed by atoms with Crippen LogP contribution in [0.25, 0.3) is 0 Å². The molecule has 0 atom stereocenters. The Balaban J connectivity index is 1.69. The summed E-state index contributed by atoms with van der Waals surface area (Å²) in [6.45, 7) is 5.31. The molecule has 1 aromatic heterocycles. The van der Waals surface area contributed by atoms with Gasteiger partial charge in [0.05, 0.1) is 18.0 Å². The summed E-state index contributed by atoms with van der Waals surface area (Å²) in [4.78, 5) is 23.2. The second kappa shape index (κ2) is 7.40. The molecule has 0 bridgehead atoms. The number of benzene rings is 1. The van der Waals surface area contributed by atoms with Crippen molar-refractivity contribution in [1.82, 2.24) is 8.87 Å². The molecule has 0 aliphatic carbocycles. The zero-order valence-electron chi connectivity index (χ0n) is 16.2. The summed E-state index contributed by atoms with van der Waals surface area (Å²) in [5.74, 6) is 0.224. The lowest BCUT2D eigenvalue weighted by Gasteiger charge is -2.38. The Kier molecular flexibility index (Phi) is 5.31. The lowest BCUT2D eigenvalue weighted by molar-refractivity contribution is -0.114. The highest BCUT2D eigenvalue weighted by molar-refractivity contribution is 7.89. The van der Waals surface area contributed by atoms with Crippen LogP contribution in [0.2, 0.25) is 0 Å². The van der Waals surface area contributed by atoms with Crippen molar-refractivity contribution in [3.63, 3.8) is 0 Å². The number of hydrogen-bond acceptors (Lipinski definition) is 5. The first-order valence-corrected chi connectivity index (χ1v) is 10.2. The van der Waals surface area contributed by atoms with E-state index in [4.69, 9.17) is 4.74 Å². The highest BCUT2D eigenvalue weighted by atomic mass is 32.2. The average Bonchev–Trinajstić information content (AvgIpc) is 2.54. The topological polar surface area (TPSA) is 97.7 Å². The monoisotopic (exact) mass is 405 g/mol. The number of sulfonamides is 1. The predicted octanol–water partition coefficient (Wildman–Crippen LogP) is 1.41. The van der Waals surface area contributed by atoms with E-state index in [1.54, 1.807) is 39.1 Å². The van der Waals surface area contributed by atoms with Crippen LogP contribution < -0.4 is 15.6 Å². The van der Waals surface area contributed by atoms with Crippen molar-refractivity contribution >= 4 is 21.6 Å². The minimum absolute atomic E-state index is 0.173. The van der Waals surface area contributed by atoms with Crippen LogP contribution in [0.5, 0.6) is 5.75 Å². The molecule has 0 unspecified atom stereocenters. The average molecular weight is 405 g/mol. The standard InChI is InChI=1S/C19H23N3O5S/c1-12-7-15(20-14(3)23)5-6-18(12)28(25,26)22-10-17(11-22)27-16-8-13(2)21(4)19(24)9-16/h5-9,17H,10-11H2,1-4H3,(H,20,23). The van der Waals surface area contributed by atoms with Crippen LogP contribution in [0.1, 0.15) is 18.2 Å². The van der Waals surface area contributed by atoms with Crippen molar-refractivity contribution < 1.29 is 17.9 Å². The first kappa shape index (κ1) is 20.1. The van der Waals surface area contributed by atoms with Gasteiger partial charge >= 0.3 is 0 Å². The number of aryl methyl sites for hydroxylation is 2. The van der Waals surface area contributed by atoms with Crippen molar-refractivity contribution in [3.8, 4) is 5.75 Å². The number of rotatable bonds is 5. The Bertz CT molecular complexity index is 1090. The summed E-state index contributed by atoms with van der Waals surface area (Å²) in [6, 6.07) is 7.84. The van der Waals surface area contributed by atoms with Gasteiger partial charge in [0, 0.05) is 31.4 Å². The zero-order valence-corrected chi connectivity index (χ0v) is 17.0. The van der Waals surface area contributed by atoms with Crippen LogP contribution in [0.15, 0.2) is 40.0 Å². The fourth-order valence-electron chi connectivity index (χ4n) is 3.03. The molecule has 1 saturated heterocycles. The first-order valence-electron chi connectivity index (χ1n) is 8.80. The van der Waals surface area contributed by atoms with E-state index in [2.05, 4.69) is 5.32 Å². The Hall–Kier alpha value is -2.65. The number of hydrogen-bond donors (Lipinski definition) is 1. The smallest absolute Gasteiger partial charge is 0.254 e. The molecule has 1 fully saturated rings. The molecule has 9 heteroatoms. The van der Waals surface area contributed by atoms with Gasteiger partial charge in [-0.05, 0) is 43.7 Å². The minimum atomic E-state index is -3.65. The Morgan fingerprint density at radius 3 is 2.43 bits per heavy atom. The fraction of sp³-hybridized carbons (Fsp3) is 0.368. The van der Waals surface area contributed by atoms with E-state index >= 15 is 0 Å². The van der Waals surface area contributed by atoms with E-state index in [0.29, 0.717) is 17.0 Å². The van der Waals surface area contributed by atoms with Gasteiger partial charge in [-0.3, -0.25) is 9.59 Å². The van der Waals surface area contributed by atoms with E-state index in [1.807, 2.05) is 0 Å². The molecule has 1 aromatic carbocycles. The third-order valence-corrected chi connectivity index (χ3v) is 6.70. The number of ether oxygens (including phenoxy) is 1. The van der Waals surface area contributed by atoms with Gasteiger partial charge in [-0.2, -0.15) is 4.31 Å². The molecule has 1 N–H and O–H groups in total. The Labute approximate surface area is 163 Å². The molecule has 2 heterocycles. The normalized spacial score (nSPS) is 15.1. The van der Waals surface area contributed by atoms with E-state index in [0.717, 1.165) is 5.69 Å². The largest absolute Gasteiger partial charge is 0.487 e. The number of nitrogens with one attached hydrogen (secondary N) is 1. The quantitative estimate of drug-likeness (QED) is 0.811. The molecule has 0 radical (unpaired) electrons. The van der Waals surface area contributed by atoms with E-state index < -0.39 is 10.0 Å². The van der Waals surface area contributed by atoms with E-state index in [1.165, 1.54) is 27.9 Å². The predicted molar refractivity (Wildman–Crippen MR) is 105 cm³/mol. The van der Waals surface area contributed by atoms with Crippen LogP contribution in [0.4, 0.5) is 5.69 Å². The summed E-state index contributed by atoms with van der Waals surface area (Å²) < 4.78 is 34.3. The molecule has 3 rings (SSSR count).